The van der Waals surface area contributed by atoms with Crippen molar-refractivity contribution in [3.63, 3.8) is 0 Å². The molecule has 0 radical (unpaired) electrons. The van der Waals surface area contributed by atoms with Crippen molar-refractivity contribution in [2.24, 2.45) is 0 Å². The first-order chi connectivity index (χ1) is 14.2. The molecule has 0 spiro atoms. The fourth-order valence-corrected chi connectivity index (χ4v) is 4.04. The normalized spacial score (nSPS) is 14.1. The summed E-state index contributed by atoms with van der Waals surface area (Å²) < 4.78 is 0. The molecule has 0 N–H and O–H groups in total. The van der Waals surface area contributed by atoms with Crippen LogP contribution in [0.1, 0.15) is 37.0 Å². The zero-order valence-electron chi connectivity index (χ0n) is 18.2. The molecule has 0 unspecified atom stereocenters. The van der Waals surface area contributed by atoms with Crippen molar-refractivity contribution in [1.82, 2.24) is 9.88 Å². The molecule has 0 amide bonds. The third-order valence-electron chi connectivity index (χ3n) is 5.82. The summed E-state index contributed by atoms with van der Waals surface area (Å²) in [6.45, 7) is 9.50. The number of Topliss-reactive ketones (excluding diaryl/α,β-unsaturated/α-hetero) is 1. The molecule has 4 nitrogen and oxygen atoms in total. The van der Waals surface area contributed by atoms with Crippen LogP contribution in [0.25, 0.3) is 22.0 Å². The Kier molecular flexibility index (Phi) is 9.30. The van der Waals surface area contributed by atoms with E-state index >= 15 is 0 Å². The molecule has 6 heteroatoms. The van der Waals surface area contributed by atoms with Gasteiger partial charge in [0.1, 0.15) is 5.82 Å². The predicted octanol–water partition coefficient (Wildman–Crippen LogP) is 5.87. The zero-order valence-corrected chi connectivity index (χ0v) is 19.8. The molecule has 166 valence electrons. The summed E-state index contributed by atoms with van der Waals surface area (Å²) in [5.41, 5.74) is 2.80. The van der Waals surface area contributed by atoms with Crippen LogP contribution in [0, 0.1) is 0 Å². The maximum atomic E-state index is 12.2. The highest BCUT2D eigenvalue weighted by molar-refractivity contribution is 5.97. The molecule has 1 aliphatic rings. The van der Waals surface area contributed by atoms with E-state index < -0.39 is 0 Å². The summed E-state index contributed by atoms with van der Waals surface area (Å²) in [7, 11) is 0. The minimum absolute atomic E-state index is 0. The first-order valence-electron chi connectivity index (χ1n) is 10.7. The molecule has 3 aromatic rings. The van der Waals surface area contributed by atoms with E-state index in [1.807, 2.05) is 31.2 Å². The Bertz CT molecular complexity index is 999. The fraction of sp³-hybridized carbons (Fsp3) is 0.360. The van der Waals surface area contributed by atoms with Crippen molar-refractivity contribution < 1.29 is 4.79 Å². The summed E-state index contributed by atoms with van der Waals surface area (Å²) in [4.78, 5) is 22.1. The highest BCUT2D eigenvalue weighted by Gasteiger charge is 2.19. The number of carbonyl (C=O) groups excluding carboxylic acids is 1. The summed E-state index contributed by atoms with van der Waals surface area (Å²) in [6.07, 6.45) is 1.48. The van der Waals surface area contributed by atoms with Crippen LogP contribution in [0.2, 0.25) is 0 Å². The van der Waals surface area contributed by atoms with Crippen molar-refractivity contribution in [3.05, 3.63) is 60.2 Å². The highest BCUT2D eigenvalue weighted by Crippen LogP contribution is 2.31. The van der Waals surface area contributed by atoms with Crippen LogP contribution in [0.15, 0.2) is 54.6 Å². The van der Waals surface area contributed by atoms with Gasteiger partial charge in [-0.3, -0.25) is 4.79 Å². The Morgan fingerprint density at radius 1 is 0.935 bits per heavy atom. The smallest absolute Gasteiger partial charge is 0.162 e. The number of nitrogens with zero attached hydrogens (tertiary/aromatic N) is 3. The molecule has 0 atom stereocenters. The minimum atomic E-state index is 0. The lowest BCUT2D eigenvalue weighted by Crippen LogP contribution is -2.46. The average molecular weight is 460 g/mol. The number of aromatic nitrogens is 1. The molecule has 2 aromatic carbocycles. The number of benzene rings is 2. The van der Waals surface area contributed by atoms with Crippen LogP contribution < -0.4 is 4.90 Å². The van der Waals surface area contributed by atoms with Gasteiger partial charge >= 0.3 is 0 Å². The summed E-state index contributed by atoms with van der Waals surface area (Å²) >= 11 is 0. The van der Waals surface area contributed by atoms with Crippen molar-refractivity contribution in [3.8, 4) is 11.3 Å². The van der Waals surface area contributed by atoms with Gasteiger partial charge in [-0.05, 0) is 24.4 Å². The van der Waals surface area contributed by atoms with Gasteiger partial charge in [0.15, 0.2) is 5.78 Å². The lowest BCUT2D eigenvalue weighted by Gasteiger charge is -2.35. The fourth-order valence-electron chi connectivity index (χ4n) is 4.04. The quantitative estimate of drug-likeness (QED) is 0.431. The van der Waals surface area contributed by atoms with Gasteiger partial charge in [-0.25, -0.2) is 4.98 Å². The van der Waals surface area contributed by atoms with E-state index in [9.17, 15) is 4.79 Å². The van der Waals surface area contributed by atoms with Crippen molar-refractivity contribution >= 4 is 47.2 Å². The Labute approximate surface area is 197 Å². The van der Waals surface area contributed by atoms with E-state index in [2.05, 4.69) is 47.1 Å². The van der Waals surface area contributed by atoms with Gasteiger partial charge in [-0.2, -0.15) is 0 Å². The van der Waals surface area contributed by atoms with Crippen molar-refractivity contribution in [2.45, 2.75) is 26.7 Å². The van der Waals surface area contributed by atoms with Gasteiger partial charge in [-0.15, -0.1) is 24.8 Å². The van der Waals surface area contributed by atoms with Gasteiger partial charge in [0.2, 0.25) is 0 Å². The maximum absolute atomic E-state index is 12.2. The van der Waals surface area contributed by atoms with Crippen LogP contribution in [0.3, 0.4) is 0 Å². The molecule has 1 fully saturated rings. The second-order valence-corrected chi connectivity index (χ2v) is 7.72. The number of fused-ring (bicyclic) bond motifs is 1. The molecule has 4 rings (SSSR count). The van der Waals surface area contributed by atoms with E-state index in [4.69, 9.17) is 4.98 Å². The number of hydrogen-bond donors (Lipinski definition) is 0. The van der Waals surface area contributed by atoms with E-state index in [1.165, 1.54) is 10.8 Å². The molecule has 0 bridgehead atoms. The summed E-state index contributed by atoms with van der Waals surface area (Å²) in [6, 6.07) is 18.6. The number of ketones is 1. The molecule has 1 aliphatic heterocycles. The number of likely N-dealkylation sites (N-methyl/N-ethyl adjacent to an activating group) is 1. The largest absolute Gasteiger partial charge is 0.354 e. The summed E-state index contributed by atoms with van der Waals surface area (Å²) in [5, 5.41) is 2.41. The van der Waals surface area contributed by atoms with Crippen LogP contribution in [-0.2, 0) is 0 Å². The van der Waals surface area contributed by atoms with Gasteiger partial charge < -0.3 is 9.80 Å². The van der Waals surface area contributed by atoms with Crippen molar-refractivity contribution in [1.29, 1.82) is 0 Å². The van der Waals surface area contributed by atoms with E-state index in [-0.39, 0.29) is 30.6 Å². The Morgan fingerprint density at radius 3 is 2.26 bits per heavy atom. The topological polar surface area (TPSA) is 36.4 Å². The predicted molar refractivity (Wildman–Crippen MR) is 135 cm³/mol. The molecule has 1 aromatic heterocycles. The van der Waals surface area contributed by atoms with Gasteiger partial charge in [0.25, 0.3) is 0 Å². The van der Waals surface area contributed by atoms with E-state index in [0.717, 1.165) is 61.8 Å². The second-order valence-electron chi connectivity index (χ2n) is 7.72. The Balaban J connectivity index is 0.00000171. The SMILES string of the molecule is CCCC(=O)c1ccc(-c2cc3ccccc3c(N3CCN(CC)CC3)n2)cc1.Cl.Cl. The number of anilines is 1. The number of hydrogen-bond acceptors (Lipinski definition) is 4. The first kappa shape index (κ1) is 25.1. The number of pyridine rings is 1. The van der Waals surface area contributed by atoms with E-state index in [1.54, 1.807) is 0 Å². The maximum Gasteiger partial charge on any atom is 0.162 e. The van der Waals surface area contributed by atoms with Gasteiger partial charge in [-0.1, -0.05) is 62.4 Å². The average Bonchev–Trinajstić information content (AvgIpc) is 2.78. The highest BCUT2D eigenvalue weighted by atomic mass is 35.5. The van der Waals surface area contributed by atoms with Crippen LogP contribution in [0.4, 0.5) is 5.82 Å². The number of carbonyl (C=O) groups is 1. The molecule has 0 saturated carbocycles. The molecular formula is C25H31Cl2N3O. The summed E-state index contributed by atoms with van der Waals surface area (Å²) in [5.74, 6) is 1.28. The van der Waals surface area contributed by atoms with Crippen LogP contribution in [-0.4, -0.2) is 48.4 Å². The first-order valence-corrected chi connectivity index (χ1v) is 10.7. The number of halogens is 2. The van der Waals surface area contributed by atoms with Crippen molar-refractivity contribution in [2.75, 3.05) is 37.6 Å². The lowest BCUT2D eigenvalue weighted by atomic mass is 10.0. The molecular weight excluding hydrogens is 429 g/mol. The van der Waals surface area contributed by atoms with Crippen LogP contribution in [0.5, 0.6) is 0 Å². The van der Waals surface area contributed by atoms with Gasteiger partial charge in [0, 0.05) is 49.1 Å². The number of rotatable bonds is 6. The third kappa shape index (κ3) is 5.57. The lowest BCUT2D eigenvalue weighted by molar-refractivity contribution is 0.0982. The van der Waals surface area contributed by atoms with Gasteiger partial charge in [0.05, 0.1) is 5.69 Å². The second kappa shape index (κ2) is 11.5. The minimum Gasteiger partial charge on any atom is -0.354 e. The monoisotopic (exact) mass is 459 g/mol. The molecule has 2 heterocycles. The number of piperazine rings is 1. The molecule has 31 heavy (non-hydrogen) atoms. The standard InChI is InChI=1S/C25H29N3O.2ClH/c1-3-7-24(29)20-12-10-19(11-13-20)23-18-21-8-5-6-9-22(21)25(26-23)28-16-14-27(4-2)15-17-28;;/h5-6,8-13,18H,3-4,7,14-17H2,1-2H3;2*1H. The van der Waals surface area contributed by atoms with Crippen LogP contribution >= 0.6 is 24.8 Å². The molecule has 1 saturated heterocycles. The third-order valence-corrected chi connectivity index (χ3v) is 5.82. The van der Waals surface area contributed by atoms with E-state index in [0.29, 0.717) is 6.42 Å². The molecule has 0 aliphatic carbocycles. The Hall–Kier alpha value is -2.14. The zero-order chi connectivity index (χ0) is 20.2. The Morgan fingerprint density at radius 2 is 1.61 bits per heavy atom.